The van der Waals surface area contributed by atoms with Gasteiger partial charge in [0.1, 0.15) is 4.88 Å². The fourth-order valence-corrected chi connectivity index (χ4v) is 3.75. The number of rotatable bonds is 4. The molecule has 0 saturated carbocycles. The number of aromatic carboxylic acids is 1. The molecule has 124 valence electrons. The summed E-state index contributed by atoms with van der Waals surface area (Å²) >= 11 is 2.58. The van der Waals surface area contributed by atoms with E-state index in [1.165, 1.54) is 23.3 Å². The van der Waals surface area contributed by atoms with Gasteiger partial charge in [-0.05, 0) is 48.7 Å². The predicted molar refractivity (Wildman–Crippen MR) is 104 cm³/mol. The van der Waals surface area contributed by atoms with E-state index in [0.717, 1.165) is 16.0 Å². The van der Waals surface area contributed by atoms with Crippen LogP contribution in [0.1, 0.15) is 25.7 Å². The minimum atomic E-state index is -0.953. The number of aryl methyl sites for hydroxylation is 1. The molecule has 0 aliphatic rings. The third-order valence-electron chi connectivity index (χ3n) is 3.39. The minimum Gasteiger partial charge on any atom is -0.477 e. The van der Waals surface area contributed by atoms with Gasteiger partial charge in [0.15, 0.2) is 0 Å². The Bertz CT molecular complexity index is 953. The van der Waals surface area contributed by atoms with Crippen LogP contribution in [-0.4, -0.2) is 11.1 Å². The summed E-state index contributed by atoms with van der Waals surface area (Å²) in [5.74, 6) is 5.15. The molecule has 2 N–H and O–H groups in total. The lowest BCUT2D eigenvalue weighted by atomic mass is 10.2. The number of anilines is 1. The predicted octanol–water partition coefficient (Wildman–Crippen LogP) is 5.27. The summed E-state index contributed by atoms with van der Waals surface area (Å²) in [6, 6.07) is 19.4. The summed E-state index contributed by atoms with van der Waals surface area (Å²) in [5, 5.41) is 9.43. The zero-order valence-corrected chi connectivity index (χ0v) is 15.1. The highest BCUT2D eigenvalue weighted by atomic mass is 32.2. The van der Waals surface area contributed by atoms with Crippen LogP contribution in [0.4, 0.5) is 5.69 Å². The van der Waals surface area contributed by atoms with Crippen LogP contribution in [0.2, 0.25) is 0 Å². The highest BCUT2D eigenvalue weighted by Crippen LogP contribution is 2.31. The van der Waals surface area contributed by atoms with E-state index in [0.29, 0.717) is 10.6 Å². The van der Waals surface area contributed by atoms with E-state index >= 15 is 0 Å². The molecule has 1 aromatic heterocycles. The van der Waals surface area contributed by atoms with Crippen molar-refractivity contribution >= 4 is 34.9 Å². The van der Waals surface area contributed by atoms with Crippen LogP contribution >= 0.6 is 23.3 Å². The first-order chi connectivity index (χ1) is 12.1. The Labute approximate surface area is 154 Å². The summed E-state index contributed by atoms with van der Waals surface area (Å²) in [6.45, 7) is 2.02. The fourth-order valence-electron chi connectivity index (χ4n) is 2.12. The van der Waals surface area contributed by atoms with Crippen molar-refractivity contribution in [3.8, 4) is 11.8 Å². The van der Waals surface area contributed by atoms with Crippen LogP contribution in [0.5, 0.6) is 0 Å². The van der Waals surface area contributed by atoms with Crippen LogP contribution < -0.4 is 4.72 Å². The van der Waals surface area contributed by atoms with Crippen molar-refractivity contribution in [1.82, 2.24) is 0 Å². The second-order valence-electron chi connectivity index (χ2n) is 5.24. The van der Waals surface area contributed by atoms with Gasteiger partial charge in [0.05, 0.1) is 10.6 Å². The van der Waals surface area contributed by atoms with E-state index in [9.17, 15) is 9.90 Å². The number of carboxylic acid groups (broad SMARTS) is 1. The molecule has 25 heavy (non-hydrogen) atoms. The molecule has 0 spiro atoms. The molecular formula is C20H15NO2S2. The van der Waals surface area contributed by atoms with Gasteiger partial charge in [-0.2, -0.15) is 0 Å². The topological polar surface area (TPSA) is 49.3 Å². The summed E-state index contributed by atoms with van der Waals surface area (Å²) in [6.07, 6.45) is 0. The Hall–Kier alpha value is -2.68. The van der Waals surface area contributed by atoms with Crippen molar-refractivity contribution in [2.45, 2.75) is 11.8 Å². The molecule has 0 aliphatic heterocycles. The van der Waals surface area contributed by atoms with E-state index in [1.807, 2.05) is 61.5 Å². The zero-order valence-electron chi connectivity index (χ0n) is 13.4. The average molecular weight is 365 g/mol. The Morgan fingerprint density at radius 3 is 2.52 bits per heavy atom. The van der Waals surface area contributed by atoms with Crippen LogP contribution in [-0.2, 0) is 0 Å². The fraction of sp³-hybridized carbons (Fsp3) is 0.0500. The Balaban J connectivity index is 1.82. The number of nitrogens with one attached hydrogen (secondary N) is 1. The highest BCUT2D eigenvalue weighted by Gasteiger charge is 2.15. The molecule has 0 atom stereocenters. The Kier molecular flexibility index (Phi) is 5.44. The maximum absolute atomic E-state index is 11.5. The molecule has 3 aromatic rings. The molecular weight excluding hydrogens is 350 g/mol. The molecule has 0 unspecified atom stereocenters. The van der Waals surface area contributed by atoms with E-state index in [-0.39, 0.29) is 4.88 Å². The average Bonchev–Trinajstić information content (AvgIpc) is 3.04. The molecule has 3 rings (SSSR count). The first-order valence-electron chi connectivity index (χ1n) is 7.56. The molecule has 5 heteroatoms. The summed E-state index contributed by atoms with van der Waals surface area (Å²) in [7, 11) is 0. The summed E-state index contributed by atoms with van der Waals surface area (Å²) in [4.78, 5) is 13.5. The number of thiophene rings is 1. The van der Waals surface area contributed by atoms with Gasteiger partial charge in [0, 0.05) is 10.5 Å². The van der Waals surface area contributed by atoms with Crippen molar-refractivity contribution in [2.24, 2.45) is 0 Å². The monoisotopic (exact) mass is 365 g/mol. The van der Waals surface area contributed by atoms with Gasteiger partial charge in [0.2, 0.25) is 0 Å². The smallest absolute Gasteiger partial charge is 0.348 e. The molecule has 3 nitrogen and oxygen atoms in total. The second kappa shape index (κ2) is 7.93. The lowest BCUT2D eigenvalue weighted by Crippen LogP contribution is -1.97. The first kappa shape index (κ1) is 17.2. The molecule has 0 bridgehead atoms. The van der Waals surface area contributed by atoms with Gasteiger partial charge in [-0.1, -0.05) is 48.2 Å². The van der Waals surface area contributed by atoms with E-state index in [2.05, 4.69) is 16.6 Å². The summed E-state index contributed by atoms with van der Waals surface area (Å²) in [5.41, 5.74) is 2.61. The van der Waals surface area contributed by atoms with Gasteiger partial charge in [-0.25, -0.2) is 4.79 Å². The third-order valence-corrected chi connectivity index (χ3v) is 5.43. The normalized spacial score (nSPS) is 9.96. The molecule has 0 radical (unpaired) electrons. The molecule has 0 aliphatic carbocycles. The molecule has 2 aromatic carbocycles. The largest absolute Gasteiger partial charge is 0.477 e. The number of carbonyl (C=O) groups is 1. The SMILES string of the molecule is Cc1ccccc1SNc1cc(C#Cc2ccccc2)sc1C(=O)O. The van der Waals surface area contributed by atoms with Crippen LogP contribution in [0.15, 0.2) is 65.6 Å². The number of benzene rings is 2. The van der Waals surface area contributed by atoms with Crippen molar-refractivity contribution in [2.75, 3.05) is 4.72 Å². The highest BCUT2D eigenvalue weighted by molar-refractivity contribution is 8.00. The van der Waals surface area contributed by atoms with E-state index in [4.69, 9.17) is 0 Å². The van der Waals surface area contributed by atoms with Crippen molar-refractivity contribution in [3.05, 3.63) is 81.5 Å². The Morgan fingerprint density at radius 1 is 1.08 bits per heavy atom. The lowest BCUT2D eigenvalue weighted by molar-refractivity contribution is 0.0703. The van der Waals surface area contributed by atoms with Crippen LogP contribution in [0.25, 0.3) is 0 Å². The van der Waals surface area contributed by atoms with Crippen molar-refractivity contribution < 1.29 is 9.90 Å². The zero-order chi connectivity index (χ0) is 17.6. The number of hydrogen-bond donors (Lipinski definition) is 2. The van der Waals surface area contributed by atoms with E-state index in [1.54, 1.807) is 6.07 Å². The van der Waals surface area contributed by atoms with Crippen LogP contribution in [0, 0.1) is 18.8 Å². The molecule has 0 amide bonds. The molecule has 1 heterocycles. The quantitative estimate of drug-likeness (QED) is 0.488. The van der Waals surface area contributed by atoms with Gasteiger partial charge >= 0.3 is 5.97 Å². The number of carboxylic acids is 1. The summed E-state index contributed by atoms with van der Waals surface area (Å²) < 4.78 is 3.15. The maximum atomic E-state index is 11.5. The maximum Gasteiger partial charge on any atom is 0.348 e. The van der Waals surface area contributed by atoms with Crippen LogP contribution in [0.3, 0.4) is 0 Å². The van der Waals surface area contributed by atoms with Crippen molar-refractivity contribution in [1.29, 1.82) is 0 Å². The van der Waals surface area contributed by atoms with Crippen molar-refractivity contribution in [3.63, 3.8) is 0 Å². The van der Waals surface area contributed by atoms with Gasteiger partial charge in [0.25, 0.3) is 0 Å². The molecule has 0 saturated heterocycles. The van der Waals surface area contributed by atoms with Gasteiger partial charge in [-0.15, -0.1) is 11.3 Å². The van der Waals surface area contributed by atoms with E-state index < -0.39 is 5.97 Å². The minimum absolute atomic E-state index is 0.262. The van der Waals surface area contributed by atoms with Gasteiger partial charge < -0.3 is 9.83 Å². The van der Waals surface area contributed by atoms with Gasteiger partial charge in [-0.3, -0.25) is 0 Å². The second-order valence-corrected chi connectivity index (χ2v) is 7.14. The first-order valence-corrected chi connectivity index (χ1v) is 9.19. The Morgan fingerprint density at radius 2 is 1.80 bits per heavy atom. The number of hydrogen-bond acceptors (Lipinski definition) is 4. The third kappa shape index (κ3) is 4.44. The standard InChI is InChI=1S/C20H15NO2S2/c1-14-7-5-6-10-18(14)25-21-17-13-16(24-19(17)20(22)23)12-11-15-8-3-2-4-9-15/h2-10,13,21H,1H3,(H,22,23). The lowest BCUT2D eigenvalue weighted by Gasteiger charge is -2.06. The molecule has 0 fully saturated rings.